The minimum absolute atomic E-state index is 0.0398. The predicted octanol–water partition coefficient (Wildman–Crippen LogP) is 4.76. The van der Waals surface area contributed by atoms with Gasteiger partial charge in [-0.3, -0.25) is 9.59 Å². The topological polar surface area (TPSA) is 65.1 Å². The molecule has 0 aliphatic carbocycles. The number of amides is 1. The Labute approximate surface area is 177 Å². The molecule has 1 atom stereocenters. The maximum Gasteiger partial charge on any atom is 0.308 e. The predicted molar refractivity (Wildman–Crippen MR) is 115 cm³/mol. The lowest BCUT2D eigenvalue weighted by atomic mass is 10.1. The summed E-state index contributed by atoms with van der Waals surface area (Å²) in [6.07, 6.45) is 4.18. The van der Waals surface area contributed by atoms with Gasteiger partial charge in [-0.25, -0.2) is 0 Å². The second-order valence-corrected chi connectivity index (χ2v) is 7.30. The summed E-state index contributed by atoms with van der Waals surface area (Å²) >= 11 is 0. The van der Waals surface area contributed by atoms with Crippen molar-refractivity contribution in [2.75, 3.05) is 18.1 Å². The standard InChI is InChI=1S/C24H29NO5/c1-3-4-5-10-16-25-19-11-6-7-12-20(19)30-23(24(25)27)15-17-28-21-13-8-9-14-22(21)29-18(2)26/h6-9,11-14,23H,3-5,10,15-17H2,1-2H3/t23-/m1/s1. The Morgan fingerprint density at radius 2 is 1.77 bits per heavy atom. The molecule has 160 valence electrons. The average molecular weight is 411 g/mol. The smallest absolute Gasteiger partial charge is 0.308 e. The van der Waals surface area contributed by atoms with E-state index in [0.29, 0.717) is 24.5 Å². The molecule has 3 rings (SSSR count). The third kappa shape index (κ3) is 5.53. The number of benzene rings is 2. The molecule has 6 nitrogen and oxygen atoms in total. The van der Waals surface area contributed by atoms with E-state index in [0.717, 1.165) is 30.7 Å². The fourth-order valence-corrected chi connectivity index (χ4v) is 3.47. The molecule has 0 unspecified atom stereocenters. The van der Waals surface area contributed by atoms with E-state index in [-0.39, 0.29) is 12.5 Å². The molecule has 0 fully saturated rings. The van der Waals surface area contributed by atoms with Crippen LogP contribution in [0.15, 0.2) is 48.5 Å². The van der Waals surface area contributed by atoms with Crippen LogP contribution in [0.2, 0.25) is 0 Å². The van der Waals surface area contributed by atoms with Gasteiger partial charge in [0.25, 0.3) is 5.91 Å². The van der Waals surface area contributed by atoms with Crippen LogP contribution in [0.5, 0.6) is 17.2 Å². The monoisotopic (exact) mass is 411 g/mol. The minimum Gasteiger partial charge on any atom is -0.490 e. The number of carbonyl (C=O) groups is 2. The molecule has 30 heavy (non-hydrogen) atoms. The van der Waals surface area contributed by atoms with Crippen LogP contribution in [0.4, 0.5) is 5.69 Å². The van der Waals surface area contributed by atoms with Crippen molar-refractivity contribution < 1.29 is 23.8 Å². The number of esters is 1. The molecule has 0 aromatic heterocycles. The third-order valence-electron chi connectivity index (χ3n) is 4.94. The molecular formula is C24H29NO5. The van der Waals surface area contributed by atoms with Crippen LogP contribution in [0.1, 0.15) is 46.0 Å². The Hall–Kier alpha value is -3.02. The summed E-state index contributed by atoms with van der Waals surface area (Å²) in [4.78, 5) is 26.2. The van der Waals surface area contributed by atoms with Gasteiger partial charge in [0.1, 0.15) is 5.75 Å². The number of nitrogens with zero attached hydrogens (tertiary/aromatic N) is 1. The van der Waals surface area contributed by atoms with E-state index in [4.69, 9.17) is 14.2 Å². The highest BCUT2D eigenvalue weighted by atomic mass is 16.6. The van der Waals surface area contributed by atoms with Crippen LogP contribution in [0, 0.1) is 0 Å². The Bertz CT molecular complexity index is 866. The van der Waals surface area contributed by atoms with Crippen LogP contribution >= 0.6 is 0 Å². The SMILES string of the molecule is CCCCCCN1C(=O)[C@@H](CCOc2ccccc2OC(C)=O)Oc2ccccc21. The van der Waals surface area contributed by atoms with Gasteiger partial charge in [-0.05, 0) is 30.7 Å². The first-order valence-corrected chi connectivity index (χ1v) is 10.6. The molecule has 1 aliphatic rings. The van der Waals surface area contributed by atoms with Gasteiger partial charge in [0, 0.05) is 19.9 Å². The van der Waals surface area contributed by atoms with Gasteiger partial charge in [-0.15, -0.1) is 0 Å². The van der Waals surface area contributed by atoms with Crippen molar-refractivity contribution >= 4 is 17.6 Å². The molecule has 2 aromatic carbocycles. The first-order chi connectivity index (χ1) is 14.6. The lowest BCUT2D eigenvalue weighted by Gasteiger charge is -2.34. The van der Waals surface area contributed by atoms with Gasteiger partial charge in [-0.1, -0.05) is 50.5 Å². The van der Waals surface area contributed by atoms with Crippen LogP contribution in [-0.2, 0) is 9.59 Å². The molecule has 0 radical (unpaired) electrons. The highest BCUT2D eigenvalue weighted by molar-refractivity contribution is 6.00. The summed E-state index contributed by atoms with van der Waals surface area (Å²) in [6, 6.07) is 14.6. The van der Waals surface area contributed by atoms with E-state index in [9.17, 15) is 9.59 Å². The average Bonchev–Trinajstić information content (AvgIpc) is 2.74. The maximum absolute atomic E-state index is 13.1. The van der Waals surface area contributed by atoms with Crippen LogP contribution in [0.25, 0.3) is 0 Å². The Morgan fingerprint density at radius 1 is 1.03 bits per heavy atom. The molecule has 0 saturated heterocycles. The number of hydrogen-bond donors (Lipinski definition) is 0. The van der Waals surface area contributed by atoms with Gasteiger partial charge >= 0.3 is 5.97 Å². The number of anilines is 1. The maximum atomic E-state index is 13.1. The summed E-state index contributed by atoms with van der Waals surface area (Å²) in [7, 11) is 0. The molecule has 1 aliphatic heterocycles. The number of rotatable bonds is 10. The summed E-state index contributed by atoms with van der Waals surface area (Å²) in [5, 5.41) is 0. The molecule has 2 aromatic rings. The molecule has 0 spiro atoms. The number of para-hydroxylation sites is 4. The molecule has 0 saturated carbocycles. The van der Waals surface area contributed by atoms with E-state index >= 15 is 0 Å². The largest absolute Gasteiger partial charge is 0.490 e. The number of carbonyl (C=O) groups excluding carboxylic acids is 2. The number of ether oxygens (including phenoxy) is 3. The van der Waals surface area contributed by atoms with Gasteiger partial charge in [-0.2, -0.15) is 0 Å². The second kappa shape index (κ2) is 10.7. The van der Waals surface area contributed by atoms with Gasteiger partial charge < -0.3 is 19.1 Å². The van der Waals surface area contributed by atoms with E-state index in [1.54, 1.807) is 24.3 Å². The molecular weight excluding hydrogens is 382 g/mol. The molecule has 0 N–H and O–H groups in total. The highest BCUT2D eigenvalue weighted by Gasteiger charge is 2.33. The van der Waals surface area contributed by atoms with Gasteiger partial charge in [0.15, 0.2) is 17.6 Å². The first-order valence-electron chi connectivity index (χ1n) is 10.6. The Kier molecular flexibility index (Phi) is 7.71. The number of unbranched alkanes of at least 4 members (excludes halogenated alkanes) is 3. The minimum atomic E-state index is -0.605. The van der Waals surface area contributed by atoms with Gasteiger partial charge in [0.2, 0.25) is 0 Å². The van der Waals surface area contributed by atoms with Crippen molar-refractivity contribution in [1.82, 2.24) is 0 Å². The quantitative estimate of drug-likeness (QED) is 0.321. The summed E-state index contributed by atoms with van der Waals surface area (Å²) in [5.74, 6) is 1.10. The van der Waals surface area contributed by atoms with Crippen LogP contribution in [0.3, 0.4) is 0 Å². The summed E-state index contributed by atoms with van der Waals surface area (Å²) in [5.41, 5.74) is 0.830. The van der Waals surface area contributed by atoms with Crippen molar-refractivity contribution in [2.45, 2.75) is 52.1 Å². The van der Waals surface area contributed by atoms with E-state index in [1.165, 1.54) is 13.3 Å². The van der Waals surface area contributed by atoms with Crippen LogP contribution in [-0.4, -0.2) is 31.1 Å². The lowest BCUT2D eigenvalue weighted by Crippen LogP contribution is -2.46. The zero-order valence-electron chi connectivity index (χ0n) is 17.6. The fraction of sp³-hybridized carbons (Fsp3) is 0.417. The van der Waals surface area contributed by atoms with Crippen molar-refractivity contribution in [3.05, 3.63) is 48.5 Å². The van der Waals surface area contributed by atoms with E-state index in [2.05, 4.69) is 6.92 Å². The number of fused-ring (bicyclic) bond motifs is 1. The molecule has 1 amide bonds. The Morgan fingerprint density at radius 3 is 2.53 bits per heavy atom. The lowest BCUT2D eigenvalue weighted by molar-refractivity contribution is -0.132. The highest BCUT2D eigenvalue weighted by Crippen LogP contribution is 2.35. The molecule has 6 heteroatoms. The van der Waals surface area contributed by atoms with Crippen molar-refractivity contribution in [3.8, 4) is 17.2 Å². The molecule has 1 heterocycles. The van der Waals surface area contributed by atoms with Crippen LogP contribution < -0.4 is 19.1 Å². The summed E-state index contributed by atoms with van der Waals surface area (Å²) < 4.78 is 16.9. The molecule has 0 bridgehead atoms. The van der Waals surface area contributed by atoms with Crippen molar-refractivity contribution in [3.63, 3.8) is 0 Å². The Balaban J connectivity index is 1.64. The second-order valence-electron chi connectivity index (χ2n) is 7.30. The fourth-order valence-electron chi connectivity index (χ4n) is 3.47. The number of hydrogen-bond acceptors (Lipinski definition) is 5. The summed E-state index contributed by atoms with van der Waals surface area (Å²) in [6.45, 7) is 4.47. The van der Waals surface area contributed by atoms with Gasteiger partial charge in [0.05, 0.1) is 12.3 Å². The zero-order chi connectivity index (χ0) is 21.3. The third-order valence-corrected chi connectivity index (χ3v) is 4.94. The van der Waals surface area contributed by atoms with E-state index in [1.807, 2.05) is 29.2 Å². The normalized spacial score (nSPS) is 15.3. The zero-order valence-corrected chi connectivity index (χ0v) is 17.6. The first kappa shape index (κ1) is 21.7. The van der Waals surface area contributed by atoms with E-state index < -0.39 is 12.1 Å². The van der Waals surface area contributed by atoms with Crippen molar-refractivity contribution in [2.24, 2.45) is 0 Å². The van der Waals surface area contributed by atoms with Crippen molar-refractivity contribution in [1.29, 1.82) is 0 Å².